The number of aryl methyl sites for hydroxylation is 6. The highest BCUT2D eigenvalue weighted by Crippen LogP contribution is 2.42. The average molecular weight is 710 g/mol. The van der Waals surface area contributed by atoms with Crippen molar-refractivity contribution >= 4 is 63.8 Å². The topological polar surface area (TPSA) is 89.6 Å². The van der Waals surface area contributed by atoms with Crippen molar-refractivity contribution in [3.8, 4) is 16.9 Å². The summed E-state index contributed by atoms with van der Waals surface area (Å²) >= 11 is 19.6. The molecule has 0 bridgehead atoms. The lowest BCUT2D eigenvalue weighted by Gasteiger charge is -2.20. The second kappa shape index (κ2) is 14.6. The van der Waals surface area contributed by atoms with Crippen LogP contribution in [-0.2, 0) is 24.8 Å². The molecule has 1 amide bonds. The van der Waals surface area contributed by atoms with E-state index in [0.717, 1.165) is 73.9 Å². The average Bonchev–Trinajstić information content (AvgIpc) is 3.45. The van der Waals surface area contributed by atoms with Gasteiger partial charge in [0.2, 0.25) is 6.41 Å². The van der Waals surface area contributed by atoms with Crippen LogP contribution in [0.5, 0.6) is 5.75 Å². The number of benzene rings is 3. The minimum Gasteiger partial charge on any atom is -0.494 e. The first-order valence-electron chi connectivity index (χ1n) is 15.8. The normalized spacial score (nSPS) is 11.4. The number of amides is 1. The zero-order valence-corrected chi connectivity index (χ0v) is 30.2. The summed E-state index contributed by atoms with van der Waals surface area (Å²) in [6.45, 7) is 11.6. The van der Waals surface area contributed by atoms with Crippen molar-refractivity contribution in [2.75, 3.05) is 18.1 Å². The zero-order valence-electron chi connectivity index (χ0n) is 28.0. The maximum atomic E-state index is 12.2. The quantitative estimate of drug-likeness (QED) is 0.0973. The molecule has 0 fully saturated rings. The molecule has 0 aliphatic rings. The first-order valence-corrected chi connectivity index (χ1v) is 16.9. The lowest BCUT2D eigenvalue weighted by molar-refractivity contribution is -0.107. The summed E-state index contributed by atoms with van der Waals surface area (Å²) in [6.07, 6.45) is 2.88. The predicted molar refractivity (Wildman–Crippen MR) is 195 cm³/mol. The highest BCUT2D eigenvalue weighted by Gasteiger charge is 2.24. The number of fused-ring (bicyclic) bond motifs is 1. The van der Waals surface area contributed by atoms with E-state index in [-0.39, 0.29) is 10.6 Å². The van der Waals surface area contributed by atoms with Crippen LogP contribution in [0, 0.1) is 34.6 Å². The Labute approximate surface area is 295 Å². The van der Waals surface area contributed by atoms with Gasteiger partial charge in [0.15, 0.2) is 0 Å². The van der Waals surface area contributed by atoms with Crippen LogP contribution in [0.1, 0.15) is 57.0 Å². The molecule has 0 spiro atoms. The van der Waals surface area contributed by atoms with Gasteiger partial charge in [-0.3, -0.25) is 9.48 Å². The summed E-state index contributed by atoms with van der Waals surface area (Å²) < 4.78 is 10.3. The number of anilines is 1. The molecule has 0 unspecified atom stereocenters. The fourth-order valence-corrected chi connectivity index (χ4v) is 7.10. The van der Waals surface area contributed by atoms with Gasteiger partial charge in [-0.2, -0.15) is 5.10 Å². The van der Waals surface area contributed by atoms with Gasteiger partial charge in [-0.1, -0.05) is 40.9 Å². The van der Waals surface area contributed by atoms with Crippen molar-refractivity contribution in [2.24, 2.45) is 7.05 Å². The second-order valence-corrected chi connectivity index (χ2v) is 13.4. The summed E-state index contributed by atoms with van der Waals surface area (Å²) in [5.41, 5.74) is 9.61. The Balaban J connectivity index is 1.48. The van der Waals surface area contributed by atoms with Gasteiger partial charge < -0.3 is 19.3 Å². The molecule has 0 atom stereocenters. The number of carboxylic acids is 1. The Morgan fingerprint density at radius 1 is 0.958 bits per heavy atom. The Morgan fingerprint density at radius 3 is 2.29 bits per heavy atom. The number of carbonyl (C=O) groups is 2. The molecule has 8 nitrogen and oxygen atoms in total. The van der Waals surface area contributed by atoms with Gasteiger partial charge in [-0.05, 0) is 107 Å². The molecular formula is C37H39Cl3N4O4. The van der Waals surface area contributed by atoms with E-state index in [4.69, 9.17) is 39.5 Å². The van der Waals surface area contributed by atoms with Crippen molar-refractivity contribution in [2.45, 2.75) is 60.4 Å². The van der Waals surface area contributed by atoms with E-state index < -0.39 is 5.97 Å². The van der Waals surface area contributed by atoms with Crippen LogP contribution in [-0.4, -0.2) is 45.0 Å². The summed E-state index contributed by atoms with van der Waals surface area (Å²) in [6, 6.07) is 12.4. The maximum absolute atomic E-state index is 12.2. The third-order valence-electron chi connectivity index (χ3n) is 8.94. The summed E-state index contributed by atoms with van der Waals surface area (Å²) in [7, 11) is 1.93. The van der Waals surface area contributed by atoms with Gasteiger partial charge in [-0.15, -0.1) is 0 Å². The van der Waals surface area contributed by atoms with Gasteiger partial charge in [0, 0.05) is 63.8 Å². The first kappa shape index (κ1) is 35.3. The molecule has 252 valence electrons. The van der Waals surface area contributed by atoms with E-state index >= 15 is 0 Å². The minimum atomic E-state index is -1.11. The van der Waals surface area contributed by atoms with Crippen LogP contribution >= 0.6 is 34.8 Å². The molecule has 0 aliphatic heterocycles. The number of hydrogen-bond acceptors (Lipinski definition) is 4. The smallest absolute Gasteiger partial charge is 0.335 e. The summed E-state index contributed by atoms with van der Waals surface area (Å²) in [5, 5.41) is 16.9. The Bertz CT molecular complexity index is 2010. The number of ether oxygens (including phenoxy) is 1. The number of halogens is 3. The Kier molecular flexibility index (Phi) is 10.8. The fraction of sp³-hybridized carbons (Fsp3) is 0.324. The third-order valence-corrected chi connectivity index (χ3v) is 10.1. The monoisotopic (exact) mass is 708 g/mol. The van der Waals surface area contributed by atoms with Crippen LogP contribution in [0.25, 0.3) is 22.0 Å². The molecule has 11 heteroatoms. The number of aromatic carboxylic acids is 1. The molecule has 3 aromatic carbocycles. The molecule has 2 heterocycles. The van der Waals surface area contributed by atoms with Crippen LogP contribution in [0.4, 0.5) is 5.69 Å². The predicted octanol–water partition coefficient (Wildman–Crippen LogP) is 9.31. The van der Waals surface area contributed by atoms with Gasteiger partial charge in [-0.25, -0.2) is 4.79 Å². The number of nitrogens with zero attached hydrogens (tertiary/aromatic N) is 4. The molecule has 1 N–H and O–H groups in total. The van der Waals surface area contributed by atoms with E-state index in [1.807, 2.05) is 57.6 Å². The number of rotatable bonds is 13. The van der Waals surface area contributed by atoms with Crippen molar-refractivity contribution in [1.82, 2.24) is 14.3 Å². The second-order valence-electron chi connectivity index (χ2n) is 12.2. The molecule has 48 heavy (non-hydrogen) atoms. The molecule has 0 saturated carbocycles. The van der Waals surface area contributed by atoms with Crippen LogP contribution in [0.2, 0.25) is 15.1 Å². The standard InChI is InChI=1S/C37H39Cl3N4O4/c1-21-15-29(16-22(2)35(21)40)48-14-7-9-30-24(4)44(13-8-12-43(20-45)28-18-26(37(46)47)17-27(38)19-28)36-31(30)10-11-32(39)34(36)33-23(3)41-42(6)25(33)5/h10-11,15-20H,7-9,12-14H2,1-6H3,(H,46,47). The minimum absolute atomic E-state index is 0.0213. The lowest BCUT2D eigenvalue weighted by Crippen LogP contribution is -2.24. The van der Waals surface area contributed by atoms with Crippen molar-refractivity contribution in [3.63, 3.8) is 0 Å². The van der Waals surface area contributed by atoms with Crippen molar-refractivity contribution in [3.05, 3.63) is 96.9 Å². The fourth-order valence-electron chi connectivity index (χ4n) is 6.52. The van der Waals surface area contributed by atoms with Crippen LogP contribution < -0.4 is 9.64 Å². The van der Waals surface area contributed by atoms with E-state index in [1.165, 1.54) is 22.6 Å². The molecule has 0 aliphatic carbocycles. The number of hydrogen-bond donors (Lipinski definition) is 1. The van der Waals surface area contributed by atoms with Crippen LogP contribution in [0.3, 0.4) is 0 Å². The highest BCUT2D eigenvalue weighted by atomic mass is 35.5. The molecule has 2 aromatic heterocycles. The molecule has 5 aromatic rings. The highest BCUT2D eigenvalue weighted by molar-refractivity contribution is 6.35. The Morgan fingerprint density at radius 2 is 1.67 bits per heavy atom. The maximum Gasteiger partial charge on any atom is 0.335 e. The molecule has 5 rings (SSSR count). The number of carboxylic acid groups (broad SMARTS) is 1. The summed E-state index contributed by atoms with van der Waals surface area (Å²) in [4.78, 5) is 25.3. The lowest BCUT2D eigenvalue weighted by atomic mass is 9.98. The van der Waals surface area contributed by atoms with E-state index in [9.17, 15) is 14.7 Å². The van der Waals surface area contributed by atoms with Gasteiger partial charge in [0.1, 0.15) is 5.75 Å². The van der Waals surface area contributed by atoms with Gasteiger partial charge >= 0.3 is 5.97 Å². The largest absolute Gasteiger partial charge is 0.494 e. The number of carbonyl (C=O) groups excluding carboxylic acids is 1. The number of aromatic nitrogens is 3. The van der Waals surface area contributed by atoms with E-state index in [2.05, 4.69) is 22.7 Å². The van der Waals surface area contributed by atoms with Crippen molar-refractivity contribution < 1.29 is 19.4 Å². The third kappa shape index (κ3) is 7.07. The molecular weight excluding hydrogens is 671 g/mol. The van der Waals surface area contributed by atoms with Crippen LogP contribution in [0.15, 0.2) is 42.5 Å². The van der Waals surface area contributed by atoms with Crippen molar-refractivity contribution in [1.29, 1.82) is 0 Å². The molecule has 0 saturated heterocycles. The van der Waals surface area contributed by atoms with E-state index in [1.54, 1.807) is 6.07 Å². The van der Waals surface area contributed by atoms with E-state index in [0.29, 0.717) is 43.2 Å². The van der Waals surface area contributed by atoms with Gasteiger partial charge in [0.25, 0.3) is 0 Å². The zero-order chi connectivity index (χ0) is 34.9. The Hall–Kier alpha value is -3.98. The summed E-state index contributed by atoms with van der Waals surface area (Å²) in [5.74, 6) is -0.305. The SMILES string of the molecule is Cc1cc(OCCCc2c(C)n(CCCN(C=O)c3cc(Cl)cc(C(=O)O)c3)c3c(-c4c(C)nn(C)c4C)c(Cl)ccc23)cc(C)c1Cl. The van der Waals surface area contributed by atoms with Gasteiger partial charge in [0.05, 0.1) is 28.4 Å². The first-order chi connectivity index (χ1) is 22.8. The molecule has 0 radical (unpaired) electrons.